The van der Waals surface area contributed by atoms with Gasteiger partial charge in [-0.15, -0.1) is 4.99 Å². The molecule has 0 aromatic heterocycles. The summed E-state index contributed by atoms with van der Waals surface area (Å²) in [4.78, 5) is 25.5. The summed E-state index contributed by atoms with van der Waals surface area (Å²) in [5.41, 5.74) is -0.560. The Kier molecular flexibility index (Phi) is 6.87. The van der Waals surface area contributed by atoms with Gasteiger partial charge < -0.3 is 19.9 Å². The number of methoxy groups -OCH3 is 2. The Morgan fingerprint density at radius 1 is 1.26 bits per heavy atom. The number of guanidine groups is 1. The van der Waals surface area contributed by atoms with E-state index >= 15 is 0 Å². The number of aliphatic hydroxyl groups is 1. The first-order chi connectivity index (χ1) is 10.9. The van der Waals surface area contributed by atoms with Gasteiger partial charge in [-0.2, -0.15) is 0 Å². The van der Waals surface area contributed by atoms with Crippen LogP contribution in [0, 0.1) is 11.6 Å². The number of hydrogen-bond acceptors (Lipinski definition) is 5. The summed E-state index contributed by atoms with van der Waals surface area (Å²) in [5.74, 6) is -2.29. The normalized spacial score (nSPS) is 12.3. The Bertz CT molecular complexity index is 589. The summed E-state index contributed by atoms with van der Waals surface area (Å²) >= 11 is 0. The fraction of sp³-hybridized carbons (Fsp3) is 0.308. The molecule has 126 valence electrons. The molecule has 1 rings (SSSR count). The van der Waals surface area contributed by atoms with Gasteiger partial charge in [0.05, 0.1) is 19.8 Å². The van der Waals surface area contributed by atoms with Crippen LogP contribution < -0.4 is 10.6 Å². The molecule has 0 aliphatic heterocycles. The van der Waals surface area contributed by atoms with Crippen molar-refractivity contribution < 1.29 is 33.0 Å². The molecule has 0 radical (unpaired) electrons. The predicted molar refractivity (Wildman–Crippen MR) is 74.7 cm³/mol. The first-order valence-electron chi connectivity index (χ1n) is 6.26. The van der Waals surface area contributed by atoms with E-state index in [1.165, 1.54) is 0 Å². The van der Waals surface area contributed by atoms with Gasteiger partial charge in [-0.3, -0.25) is 5.32 Å². The maximum absolute atomic E-state index is 13.5. The largest absolute Gasteiger partial charge is 0.453 e. The second kappa shape index (κ2) is 8.63. The quantitative estimate of drug-likeness (QED) is 0.564. The van der Waals surface area contributed by atoms with Crippen LogP contribution in [0.1, 0.15) is 11.7 Å². The zero-order valence-electron chi connectivity index (χ0n) is 12.3. The minimum Gasteiger partial charge on any atom is -0.453 e. The minimum absolute atomic E-state index is 0.417. The monoisotopic (exact) mass is 331 g/mol. The lowest BCUT2D eigenvalue weighted by Gasteiger charge is -2.15. The highest BCUT2D eigenvalue weighted by Crippen LogP contribution is 2.19. The van der Waals surface area contributed by atoms with E-state index in [1.54, 1.807) is 0 Å². The lowest BCUT2D eigenvalue weighted by atomic mass is 10.1. The number of hydrogen-bond donors (Lipinski definition) is 3. The van der Waals surface area contributed by atoms with Crippen molar-refractivity contribution in [2.45, 2.75) is 6.10 Å². The number of carbonyl (C=O) groups is 2. The molecular weight excluding hydrogens is 316 g/mol. The highest BCUT2D eigenvalue weighted by atomic mass is 19.1. The van der Waals surface area contributed by atoms with Gasteiger partial charge in [-0.05, 0) is 12.1 Å². The molecule has 1 aromatic carbocycles. The molecule has 0 aliphatic rings. The second-order valence-electron chi connectivity index (χ2n) is 4.08. The van der Waals surface area contributed by atoms with Gasteiger partial charge in [0.15, 0.2) is 0 Å². The average Bonchev–Trinajstić information content (AvgIpc) is 2.52. The molecule has 0 bridgehead atoms. The number of carbonyl (C=O) groups excluding carboxylic acids is 2. The molecule has 1 unspecified atom stereocenters. The summed E-state index contributed by atoms with van der Waals surface area (Å²) < 4.78 is 35.7. The number of aliphatic hydroxyl groups excluding tert-OH is 1. The fourth-order valence-electron chi connectivity index (χ4n) is 1.52. The van der Waals surface area contributed by atoms with Crippen LogP contribution in [-0.2, 0) is 9.47 Å². The molecule has 0 spiro atoms. The number of aliphatic imine (C=N–C) groups is 1. The molecule has 0 saturated carbocycles. The van der Waals surface area contributed by atoms with Crippen molar-refractivity contribution in [1.29, 1.82) is 0 Å². The Balaban J connectivity index is 2.83. The van der Waals surface area contributed by atoms with Gasteiger partial charge in [0.1, 0.15) is 17.7 Å². The molecule has 10 heteroatoms. The summed E-state index contributed by atoms with van der Waals surface area (Å²) in [7, 11) is 2.14. The standard InChI is InChI=1S/C13H15F2N3O5/c1-22-12(20)17-11(18-13(21)23-2)16-6-9(19)10-7(14)4-3-5-8(10)15/h3-5,9,19H,6H2,1-2H3,(H2,16,17,18,20,21). The van der Waals surface area contributed by atoms with E-state index in [0.717, 1.165) is 32.4 Å². The van der Waals surface area contributed by atoms with Crippen LogP contribution >= 0.6 is 0 Å². The van der Waals surface area contributed by atoms with Crippen molar-refractivity contribution in [3.63, 3.8) is 0 Å². The van der Waals surface area contributed by atoms with Crippen molar-refractivity contribution in [1.82, 2.24) is 10.6 Å². The molecule has 0 saturated heterocycles. The van der Waals surface area contributed by atoms with Gasteiger partial charge in [0.25, 0.3) is 0 Å². The number of nitrogens with one attached hydrogen (secondary N) is 2. The lowest BCUT2D eigenvalue weighted by Crippen LogP contribution is -2.43. The van der Waals surface area contributed by atoms with E-state index in [-0.39, 0.29) is 0 Å². The maximum Gasteiger partial charge on any atom is 0.436 e. The molecule has 1 atom stereocenters. The minimum atomic E-state index is -1.60. The Morgan fingerprint density at radius 2 is 1.87 bits per heavy atom. The Labute approximate surface area is 130 Å². The van der Waals surface area contributed by atoms with E-state index in [0.29, 0.717) is 0 Å². The molecule has 0 aliphatic carbocycles. The van der Waals surface area contributed by atoms with E-state index < -0.39 is 48.0 Å². The zero-order chi connectivity index (χ0) is 17.4. The summed E-state index contributed by atoms with van der Waals surface area (Å²) in [6, 6.07) is 3.12. The number of rotatable bonds is 3. The number of nitrogens with zero attached hydrogens (tertiary/aromatic N) is 1. The first-order valence-corrected chi connectivity index (χ1v) is 6.26. The molecule has 0 heterocycles. The smallest absolute Gasteiger partial charge is 0.436 e. The van der Waals surface area contributed by atoms with Crippen LogP contribution in [0.3, 0.4) is 0 Å². The summed E-state index contributed by atoms with van der Waals surface area (Å²) in [6.45, 7) is -0.447. The van der Waals surface area contributed by atoms with Crippen molar-refractivity contribution in [2.75, 3.05) is 20.8 Å². The van der Waals surface area contributed by atoms with Crippen LogP contribution in [-0.4, -0.2) is 44.0 Å². The molecule has 23 heavy (non-hydrogen) atoms. The predicted octanol–water partition coefficient (Wildman–Crippen LogP) is 1.07. The number of alkyl carbamates (subject to hydrolysis) is 1. The van der Waals surface area contributed by atoms with Gasteiger partial charge in [0.2, 0.25) is 5.96 Å². The maximum atomic E-state index is 13.5. The number of ether oxygens (including phenoxy) is 2. The van der Waals surface area contributed by atoms with Gasteiger partial charge >= 0.3 is 12.2 Å². The van der Waals surface area contributed by atoms with E-state index in [1.807, 2.05) is 5.32 Å². The molecule has 2 amide bonds. The molecule has 0 fully saturated rings. The number of benzene rings is 1. The van der Waals surface area contributed by atoms with Crippen LogP contribution in [0.4, 0.5) is 18.4 Å². The highest BCUT2D eigenvalue weighted by molar-refractivity contribution is 5.98. The van der Waals surface area contributed by atoms with Gasteiger partial charge in [-0.25, -0.2) is 18.4 Å². The summed E-state index contributed by atoms with van der Waals surface area (Å²) in [6.07, 6.45) is -3.60. The van der Waals surface area contributed by atoms with E-state index in [9.17, 15) is 23.5 Å². The van der Waals surface area contributed by atoms with Crippen molar-refractivity contribution in [2.24, 2.45) is 4.99 Å². The van der Waals surface area contributed by atoms with Crippen LogP contribution in [0.5, 0.6) is 0 Å². The average molecular weight is 331 g/mol. The molecule has 1 aromatic rings. The van der Waals surface area contributed by atoms with Crippen LogP contribution in [0.15, 0.2) is 23.2 Å². The molecule has 3 N–H and O–H groups in total. The topological polar surface area (TPSA) is 109 Å². The van der Waals surface area contributed by atoms with Crippen molar-refractivity contribution in [3.8, 4) is 0 Å². The highest BCUT2D eigenvalue weighted by Gasteiger charge is 2.19. The Morgan fingerprint density at radius 3 is 2.39 bits per heavy atom. The second-order valence-corrected chi connectivity index (χ2v) is 4.08. The summed E-state index contributed by atoms with van der Waals surface area (Å²) in [5, 5.41) is 14.3. The van der Waals surface area contributed by atoms with Gasteiger partial charge in [0, 0.05) is 6.54 Å². The fourth-order valence-corrected chi connectivity index (χ4v) is 1.52. The van der Waals surface area contributed by atoms with Crippen molar-refractivity contribution in [3.05, 3.63) is 35.4 Å². The third-order valence-corrected chi connectivity index (χ3v) is 2.58. The van der Waals surface area contributed by atoms with Crippen LogP contribution in [0.2, 0.25) is 0 Å². The zero-order valence-corrected chi connectivity index (χ0v) is 12.3. The third kappa shape index (κ3) is 5.51. The molecule has 8 nitrogen and oxygen atoms in total. The number of amides is 2. The van der Waals surface area contributed by atoms with E-state index in [4.69, 9.17) is 0 Å². The first kappa shape index (κ1) is 18.3. The molecular formula is C13H15F2N3O5. The third-order valence-electron chi connectivity index (χ3n) is 2.58. The van der Waals surface area contributed by atoms with E-state index in [2.05, 4.69) is 19.8 Å². The lowest BCUT2D eigenvalue weighted by molar-refractivity contribution is 0.167. The number of halogens is 2. The SMILES string of the molecule is COC(=O)N=C(NCC(O)c1c(F)cccc1F)NC(=O)OC. The van der Waals surface area contributed by atoms with Crippen molar-refractivity contribution >= 4 is 18.1 Å². The van der Waals surface area contributed by atoms with Gasteiger partial charge in [-0.1, -0.05) is 6.07 Å². The Hall–Kier alpha value is -2.75. The van der Waals surface area contributed by atoms with Crippen LogP contribution in [0.25, 0.3) is 0 Å².